The number of Topliss-reactive ketones (excluding diaryl/α,β-unsaturated/α-hetero) is 1. The fourth-order valence-electron chi connectivity index (χ4n) is 2.70. The number of hydrogen-bond donors (Lipinski definition) is 0. The van der Waals surface area contributed by atoms with Gasteiger partial charge in [0.15, 0.2) is 5.78 Å². The van der Waals surface area contributed by atoms with Crippen LogP contribution in [0.2, 0.25) is 10.0 Å². The average Bonchev–Trinajstić information content (AvgIpc) is 2.59. The normalized spacial score (nSPS) is 13.3. The highest BCUT2D eigenvalue weighted by molar-refractivity contribution is 6.36. The van der Waals surface area contributed by atoms with E-state index >= 15 is 0 Å². The summed E-state index contributed by atoms with van der Waals surface area (Å²) in [6, 6.07) is 6.12. The Balaban J connectivity index is 2.54. The van der Waals surface area contributed by atoms with Crippen LogP contribution in [0, 0.1) is 11.3 Å². The third kappa shape index (κ3) is 5.35. The molecule has 1 atom stereocenters. The lowest BCUT2D eigenvalue weighted by Crippen LogP contribution is -2.19. The van der Waals surface area contributed by atoms with Gasteiger partial charge < -0.3 is 0 Å². The summed E-state index contributed by atoms with van der Waals surface area (Å²) in [5.74, 6) is -3.07. The summed E-state index contributed by atoms with van der Waals surface area (Å²) >= 11 is 11.6. The van der Waals surface area contributed by atoms with Crippen LogP contribution in [0.25, 0.3) is 6.08 Å². The van der Waals surface area contributed by atoms with Crippen molar-refractivity contribution in [3.8, 4) is 6.07 Å². The van der Waals surface area contributed by atoms with Crippen LogP contribution in [0.5, 0.6) is 0 Å². The van der Waals surface area contributed by atoms with Gasteiger partial charge in [0.25, 0.3) is 0 Å². The number of nitrogens with zero attached hydrogens (tertiary/aromatic N) is 1. The molecule has 0 saturated heterocycles. The zero-order chi connectivity index (χ0) is 22.9. The standard InChI is InChI=1S/C20H11Cl2F6NO/c1-10(30)13-4-2-11(6-16(13)20(26,27)28)3-5-15(19(23,24)25)12-7-17(21)14(9-29)18(22)8-12/h2-8,15H,1H3/b5-3+. The van der Waals surface area contributed by atoms with Crippen molar-refractivity contribution in [3.63, 3.8) is 0 Å². The molecule has 0 aliphatic heterocycles. The molecular formula is C20H11Cl2F6NO. The lowest BCUT2D eigenvalue weighted by molar-refractivity contribution is -0.139. The van der Waals surface area contributed by atoms with E-state index in [9.17, 15) is 31.1 Å². The van der Waals surface area contributed by atoms with Crippen molar-refractivity contribution in [3.05, 3.63) is 74.3 Å². The molecule has 30 heavy (non-hydrogen) atoms. The number of rotatable bonds is 4. The fraction of sp³-hybridized carbons (Fsp3) is 0.200. The fourth-order valence-corrected chi connectivity index (χ4v) is 3.29. The quantitative estimate of drug-likeness (QED) is 0.347. The maximum absolute atomic E-state index is 13.6. The van der Waals surface area contributed by atoms with Gasteiger partial charge in [-0.1, -0.05) is 47.5 Å². The Kier molecular flexibility index (Phi) is 6.90. The third-order valence-corrected chi connectivity index (χ3v) is 4.69. The Bertz CT molecular complexity index is 1030. The topological polar surface area (TPSA) is 40.9 Å². The first-order chi connectivity index (χ1) is 13.8. The second-order valence-electron chi connectivity index (χ2n) is 6.21. The summed E-state index contributed by atoms with van der Waals surface area (Å²) in [6.45, 7) is 0.957. The predicted octanol–water partition coefficient (Wildman–Crippen LogP) is 7.45. The van der Waals surface area contributed by atoms with Gasteiger partial charge in [0.2, 0.25) is 0 Å². The minimum Gasteiger partial charge on any atom is -0.294 e. The minimum absolute atomic E-state index is 0.188. The van der Waals surface area contributed by atoms with Crippen LogP contribution in [0.15, 0.2) is 36.4 Å². The van der Waals surface area contributed by atoms with E-state index in [1.807, 2.05) is 0 Å². The van der Waals surface area contributed by atoms with E-state index in [1.54, 1.807) is 6.07 Å². The average molecular weight is 466 g/mol. The van der Waals surface area contributed by atoms with E-state index in [0.717, 1.165) is 37.3 Å². The number of carbonyl (C=O) groups is 1. The van der Waals surface area contributed by atoms with Crippen molar-refractivity contribution in [1.29, 1.82) is 5.26 Å². The number of halogens is 8. The molecule has 1 unspecified atom stereocenters. The lowest BCUT2D eigenvalue weighted by Gasteiger charge is -2.18. The van der Waals surface area contributed by atoms with E-state index < -0.39 is 35.2 Å². The molecule has 0 bridgehead atoms. The Morgan fingerprint density at radius 3 is 2.07 bits per heavy atom. The van der Waals surface area contributed by atoms with Crippen molar-refractivity contribution in [2.45, 2.75) is 25.2 Å². The zero-order valence-corrected chi connectivity index (χ0v) is 16.5. The number of hydrogen-bond acceptors (Lipinski definition) is 2. The Morgan fingerprint density at radius 2 is 1.63 bits per heavy atom. The number of nitriles is 1. The molecule has 2 rings (SSSR count). The van der Waals surface area contributed by atoms with Crippen molar-refractivity contribution in [2.75, 3.05) is 0 Å². The van der Waals surface area contributed by atoms with Crippen LogP contribution in [0.3, 0.4) is 0 Å². The molecule has 0 radical (unpaired) electrons. The van der Waals surface area contributed by atoms with E-state index in [1.165, 1.54) is 0 Å². The number of allylic oxidation sites excluding steroid dienone is 1. The van der Waals surface area contributed by atoms with Gasteiger partial charge in [-0.15, -0.1) is 0 Å². The molecule has 2 aromatic carbocycles. The third-order valence-electron chi connectivity index (χ3n) is 4.10. The molecule has 0 amide bonds. The molecule has 2 nitrogen and oxygen atoms in total. The van der Waals surface area contributed by atoms with Gasteiger partial charge in [0.1, 0.15) is 6.07 Å². The van der Waals surface area contributed by atoms with E-state index in [0.29, 0.717) is 12.1 Å². The summed E-state index contributed by atoms with van der Waals surface area (Å²) in [6.07, 6.45) is -8.17. The second-order valence-corrected chi connectivity index (χ2v) is 7.02. The maximum Gasteiger partial charge on any atom is 0.417 e. The van der Waals surface area contributed by atoms with Crippen LogP contribution in [-0.4, -0.2) is 12.0 Å². The first-order valence-electron chi connectivity index (χ1n) is 8.12. The molecule has 0 aliphatic carbocycles. The largest absolute Gasteiger partial charge is 0.417 e. The Morgan fingerprint density at radius 1 is 1.07 bits per heavy atom. The van der Waals surface area contributed by atoms with Crippen LogP contribution in [0.4, 0.5) is 26.3 Å². The molecule has 0 fully saturated rings. The number of alkyl halides is 6. The molecule has 0 heterocycles. The van der Waals surface area contributed by atoms with Crippen molar-refractivity contribution in [2.24, 2.45) is 0 Å². The van der Waals surface area contributed by atoms with Crippen LogP contribution < -0.4 is 0 Å². The van der Waals surface area contributed by atoms with Gasteiger partial charge in [-0.05, 0) is 36.2 Å². The van der Waals surface area contributed by atoms with Gasteiger partial charge in [0, 0.05) is 5.56 Å². The molecule has 2 aromatic rings. The summed E-state index contributed by atoms with van der Waals surface area (Å²) in [5.41, 5.74) is -2.60. The molecule has 0 aromatic heterocycles. The molecule has 0 saturated carbocycles. The summed E-state index contributed by atoms with van der Waals surface area (Å²) < 4.78 is 80.3. The SMILES string of the molecule is CC(=O)c1ccc(/C=C/C(c2cc(Cl)c(C#N)c(Cl)c2)C(F)(F)F)cc1C(F)(F)F. The highest BCUT2D eigenvalue weighted by Gasteiger charge is 2.39. The number of carbonyl (C=O) groups excluding carboxylic acids is 1. The summed E-state index contributed by atoms with van der Waals surface area (Å²) in [7, 11) is 0. The number of ketones is 1. The summed E-state index contributed by atoms with van der Waals surface area (Å²) in [4.78, 5) is 11.4. The van der Waals surface area contributed by atoms with Gasteiger partial charge in [-0.2, -0.15) is 31.6 Å². The van der Waals surface area contributed by atoms with Gasteiger partial charge >= 0.3 is 12.4 Å². The maximum atomic E-state index is 13.6. The highest BCUT2D eigenvalue weighted by Crippen LogP contribution is 2.40. The smallest absolute Gasteiger partial charge is 0.294 e. The second kappa shape index (κ2) is 8.70. The number of benzene rings is 2. The van der Waals surface area contributed by atoms with Crippen LogP contribution in [0.1, 0.15) is 45.5 Å². The molecular weight excluding hydrogens is 455 g/mol. The van der Waals surface area contributed by atoms with Gasteiger partial charge in [-0.25, -0.2) is 0 Å². The molecule has 0 aliphatic rings. The summed E-state index contributed by atoms with van der Waals surface area (Å²) in [5, 5.41) is 8.35. The van der Waals surface area contributed by atoms with Crippen LogP contribution in [-0.2, 0) is 6.18 Å². The first kappa shape index (κ1) is 23.8. The van der Waals surface area contributed by atoms with Gasteiger partial charge in [-0.3, -0.25) is 4.79 Å². The monoisotopic (exact) mass is 465 g/mol. The Hall–Kier alpha value is -2.50. The highest BCUT2D eigenvalue weighted by atomic mass is 35.5. The van der Waals surface area contributed by atoms with Crippen LogP contribution >= 0.6 is 23.2 Å². The Labute approximate surface area is 177 Å². The van der Waals surface area contributed by atoms with Gasteiger partial charge in [0.05, 0.1) is 27.1 Å². The lowest BCUT2D eigenvalue weighted by atomic mass is 9.95. The van der Waals surface area contributed by atoms with E-state index in [2.05, 4.69) is 0 Å². The first-order valence-corrected chi connectivity index (χ1v) is 8.87. The van der Waals surface area contributed by atoms with E-state index in [4.69, 9.17) is 28.5 Å². The van der Waals surface area contributed by atoms with Crippen molar-refractivity contribution < 1.29 is 31.1 Å². The molecule has 158 valence electrons. The molecule has 0 N–H and O–H groups in total. The molecule has 0 spiro atoms. The van der Waals surface area contributed by atoms with Crippen molar-refractivity contribution in [1.82, 2.24) is 0 Å². The van der Waals surface area contributed by atoms with E-state index in [-0.39, 0.29) is 26.7 Å². The predicted molar refractivity (Wildman–Crippen MR) is 100 cm³/mol. The molecule has 10 heteroatoms. The van der Waals surface area contributed by atoms with Crippen molar-refractivity contribution >= 4 is 35.1 Å². The zero-order valence-electron chi connectivity index (χ0n) is 15.0. The minimum atomic E-state index is -4.86.